The first-order valence-electron chi connectivity index (χ1n) is 31.1. The number of esters is 3. The van der Waals surface area contributed by atoms with Crippen molar-refractivity contribution in [2.24, 2.45) is 36.7 Å². The lowest BCUT2D eigenvalue weighted by atomic mass is 9.65. The molecule has 3 aromatic carbocycles. The third-order valence-electron chi connectivity index (χ3n) is 15.3. The predicted molar refractivity (Wildman–Crippen MR) is 358 cm³/mol. The fourth-order valence-corrected chi connectivity index (χ4v) is 11.8. The number of hydrogen-bond donors (Lipinski definition) is 5. The van der Waals surface area contributed by atoms with Crippen LogP contribution >= 0.6 is 0 Å². The van der Waals surface area contributed by atoms with Gasteiger partial charge in [-0.25, -0.2) is 35.9 Å². The fourth-order valence-electron chi connectivity index (χ4n) is 9.63. The number of benzene rings is 3. The molecule has 0 fully saturated rings. The Morgan fingerprint density at radius 1 is 0.649 bits per heavy atom. The molecule has 0 aliphatic heterocycles. The van der Waals surface area contributed by atoms with E-state index in [1.54, 1.807) is 27.7 Å². The summed E-state index contributed by atoms with van der Waals surface area (Å²) in [5, 5.41) is 57.1. The zero-order valence-electron chi connectivity index (χ0n) is 56.3. The largest absolute Gasteiger partial charge is 0.503 e. The minimum Gasteiger partial charge on any atom is -0.503 e. The number of unbranched alkanes of at least 4 members (excludes halogenated alkanes) is 2. The molecule has 0 saturated heterocycles. The third kappa shape index (κ3) is 22.9. The third-order valence-corrected chi connectivity index (χ3v) is 18.3. The molecule has 5 aromatic rings. The molecular weight excluding hydrogens is 1300 g/mol. The molecule has 2 atom stereocenters. The number of carboxylic acid groups (broad SMARTS) is 1. The van der Waals surface area contributed by atoms with Gasteiger partial charge in [0.2, 0.25) is 31.6 Å². The zero-order chi connectivity index (χ0) is 72.3. The molecule has 0 saturated carbocycles. The number of pyridine rings is 2. The van der Waals surface area contributed by atoms with Crippen molar-refractivity contribution in [3.05, 3.63) is 145 Å². The standard InChI is InChI=1S/C42H55N5O11S.C25H31N5O7S/c1-9-11-21-44-59(54,55)32-19-17-31(18-20-32)45-46-34-29(3)33(43-8)35(48)47(36(34)49)22-23-56-24-25-57-38(52)40(4,5)27-42(7,37(50)51)28-41(6,10-2)39(53)58-26-30-15-13-12-14-16-30;1-5-6-11-27-38(34,35)20-9-7-19(8-10-20)28-29-22-18(4)21(16-26)23(31)30(24(22)32)12-13-36-14-15-37-25(33)17(2)3/h12-20,44,48H,9-11,21-28H2,1-7H3,(H,50,51);7-10,27,31H,2,5-6,11-15H2,1,3-4H3/t41-,42-;/m1./s1. The van der Waals surface area contributed by atoms with Gasteiger partial charge in [-0.3, -0.25) is 33.1 Å². The van der Waals surface area contributed by atoms with Crippen molar-refractivity contribution < 1.29 is 75.0 Å². The molecule has 0 spiro atoms. The summed E-state index contributed by atoms with van der Waals surface area (Å²) in [6.07, 6.45) is 3.18. The van der Waals surface area contributed by atoms with E-state index in [1.807, 2.05) is 50.2 Å². The molecule has 0 amide bonds. The van der Waals surface area contributed by atoms with Crippen LogP contribution in [0.3, 0.4) is 0 Å². The normalized spacial score (nSPS) is 12.9. The predicted octanol–water partition coefficient (Wildman–Crippen LogP) is 10.9. The molecule has 30 heteroatoms. The summed E-state index contributed by atoms with van der Waals surface area (Å²) < 4.78 is 83.4. The van der Waals surface area contributed by atoms with Crippen LogP contribution in [0.5, 0.6) is 11.8 Å². The van der Waals surface area contributed by atoms with Crippen LogP contribution in [0.25, 0.3) is 4.85 Å². The fraction of sp³-hybridized carbons (Fsp3) is 0.463. The van der Waals surface area contributed by atoms with Crippen LogP contribution in [0.1, 0.15) is 123 Å². The minimum atomic E-state index is -3.71. The Kier molecular flexibility index (Phi) is 30.8. The number of aromatic hydroxyl groups is 2. The first-order chi connectivity index (χ1) is 45.8. The smallest absolute Gasteiger partial charge is 0.333 e. The molecule has 2 heterocycles. The second-order valence-corrected chi connectivity index (χ2v) is 27.2. The van der Waals surface area contributed by atoms with Crippen LogP contribution in [0.4, 0.5) is 28.4 Å². The number of aliphatic carboxylic acids is 1. The summed E-state index contributed by atoms with van der Waals surface area (Å²) in [4.78, 5) is 80.4. The van der Waals surface area contributed by atoms with E-state index < -0.39 is 83.0 Å². The van der Waals surface area contributed by atoms with E-state index in [0.717, 1.165) is 34.0 Å². The Morgan fingerprint density at radius 3 is 1.57 bits per heavy atom. The van der Waals surface area contributed by atoms with E-state index in [4.69, 9.17) is 30.3 Å². The number of rotatable bonds is 37. The highest BCUT2D eigenvalue weighted by Crippen LogP contribution is 2.45. The van der Waals surface area contributed by atoms with Crippen LogP contribution < -0.4 is 20.6 Å². The lowest BCUT2D eigenvalue weighted by molar-refractivity contribution is -0.166. The van der Waals surface area contributed by atoms with E-state index in [-0.39, 0.29) is 133 Å². The zero-order valence-corrected chi connectivity index (χ0v) is 57.9. The Hall–Kier alpha value is -9.30. The van der Waals surface area contributed by atoms with Crippen molar-refractivity contribution in [2.75, 3.05) is 52.7 Å². The van der Waals surface area contributed by atoms with Gasteiger partial charge in [-0.15, -0.1) is 10.2 Å². The molecule has 5 rings (SSSR count). The molecule has 97 heavy (non-hydrogen) atoms. The summed E-state index contributed by atoms with van der Waals surface area (Å²) in [5.41, 5.74) is -4.28. The molecule has 524 valence electrons. The lowest BCUT2D eigenvalue weighted by Crippen LogP contribution is -2.43. The number of carbonyl (C=O) groups is 4. The average molecular weight is 1380 g/mol. The number of carboxylic acids is 1. The minimum absolute atomic E-state index is 0.0156. The number of hydrogen-bond acceptors (Lipinski definition) is 22. The van der Waals surface area contributed by atoms with Crippen molar-refractivity contribution in [1.82, 2.24) is 18.6 Å². The van der Waals surface area contributed by atoms with Crippen LogP contribution in [0, 0.1) is 48.0 Å². The number of azo groups is 2. The van der Waals surface area contributed by atoms with Crippen molar-refractivity contribution in [2.45, 2.75) is 144 Å². The van der Waals surface area contributed by atoms with E-state index in [2.05, 4.69) is 41.3 Å². The molecule has 0 aliphatic carbocycles. The van der Waals surface area contributed by atoms with E-state index in [1.165, 1.54) is 76.2 Å². The number of carbonyl (C=O) groups excluding carboxylic acids is 3. The first kappa shape index (κ1) is 80.1. The van der Waals surface area contributed by atoms with Gasteiger partial charge in [0.25, 0.3) is 11.1 Å². The van der Waals surface area contributed by atoms with Crippen molar-refractivity contribution in [3.8, 4) is 17.8 Å². The Bertz CT molecular complexity index is 4090. The van der Waals surface area contributed by atoms with E-state index in [0.29, 0.717) is 25.9 Å². The quantitative estimate of drug-likeness (QED) is 0.00616. The van der Waals surface area contributed by atoms with Crippen LogP contribution in [0.2, 0.25) is 0 Å². The van der Waals surface area contributed by atoms with Gasteiger partial charge < -0.3 is 39.0 Å². The van der Waals surface area contributed by atoms with Gasteiger partial charge in [0, 0.05) is 24.2 Å². The molecule has 5 N–H and O–H groups in total. The van der Waals surface area contributed by atoms with Gasteiger partial charge in [-0.2, -0.15) is 15.5 Å². The number of nitrogens with one attached hydrogen (secondary N) is 2. The maximum Gasteiger partial charge on any atom is 0.333 e. The summed E-state index contributed by atoms with van der Waals surface area (Å²) in [5.74, 6) is -4.05. The monoisotopic (exact) mass is 1380 g/mol. The maximum atomic E-state index is 13.4. The Morgan fingerprint density at radius 2 is 1.12 bits per heavy atom. The van der Waals surface area contributed by atoms with Gasteiger partial charge in [0.05, 0.1) is 83.5 Å². The van der Waals surface area contributed by atoms with Gasteiger partial charge >= 0.3 is 23.9 Å². The first-order valence-corrected chi connectivity index (χ1v) is 34.1. The average Bonchev–Trinajstić information content (AvgIpc) is 0.801. The lowest BCUT2D eigenvalue weighted by Gasteiger charge is -2.38. The van der Waals surface area contributed by atoms with Crippen LogP contribution in [0.15, 0.2) is 131 Å². The van der Waals surface area contributed by atoms with E-state index in [9.17, 15) is 66.2 Å². The molecule has 2 aromatic heterocycles. The number of ether oxygens (including phenoxy) is 5. The number of nitrogens with zero attached hydrogens (tertiary/aromatic N) is 8. The Labute approximate surface area is 564 Å². The van der Waals surface area contributed by atoms with Gasteiger partial charge in [-0.1, -0.05) is 70.5 Å². The highest BCUT2D eigenvalue weighted by molar-refractivity contribution is 7.89. The van der Waals surface area contributed by atoms with Crippen LogP contribution in [-0.2, 0) is 82.6 Å². The van der Waals surface area contributed by atoms with Crippen molar-refractivity contribution >= 4 is 72.4 Å². The molecule has 0 bridgehead atoms. The summed E-state index contributed by atoms with van der Waals surface area (Å²) >= 11 is 0. The van der Waals surface area contributed by atoms with E-state index >= 15 is 0 Å². The molecule has 0 aliphatic rings. The maximum absolute atomic E-state index is 13.4. The number of nitriles is 1. The van der Waals surface area contributed by atoms with Crippen molar-refractivity contribution in [1.29, 1.82) is 5.26 Å². The van der Waals surface area contributed by atoms with Gasteiger partial charge in [-0.05, 0) is 140 Å². The van der Waals surface area contributed by atoms with Crippen molar-refractivity contribution in [3.63, 3.8) is 0 Å². The second-order valence-electron chi connectivity index (χ2n) is 23.7. The highest BCUT2D eigenvalue weighted by atomic mass is 32.2. The number of aromatic nitrogens is 2. The summed E-state index contributed by atoms with van der Waals surface area (Å²) in [7, 11) is -7.36. The molecule has 0 unspecified atom stereocenters. The molecule has 28 nitrogen and oxygen atoms in total. The SMILES string of the molecule is C=C(C)C(=O)OCCOCCn1c(O)c(C#N)c(C)c(N=Nc2ccc(S(=O)(=O)NCCCC)cc2)c1=O.[C-]#[N+]c1c(C)c(N=Nc2ccc(S(=O)(=O)NCCCC)cc2)c(=O)n(CCOCCOC(=O)C(C)(C)C[C@](C)(C[C@@](C)(CC)C(=O)OCc2ccccc2)C(=O)O)c1O. The Balaban J connectivity index is 0.000000453. The second kappa shape index (κ2) is 37.3. The molecular formula is C67H86N10O18S2. The van der Waals surface area contributed by atoms with Gasteiger partial charge in [0.15, 0.2) is 11.6 Å². The topological polar surface area (TPSA) is 389 Å². The summed E-state index contributed by atoms with van der Waals surface area (Å²) in [6.45, 7) is 27.4. The van der Waals surface area contributed by atoms with Crippen LogP contribution in [-0.4, -0.2) is 118 Å². The molecule has 0 radical (unpaired) electrons. The summed E-state index contributed by atoms with van der Waals surface area (Å²) in [6, 6.07) is 22.2. The number of sulfonamides is 2. The van der Waals surface area contributed by atoms with Gasteiger partial charge in [0.1, 0.15) is 37.1 Å². The highest BCUT2D eigenvalue weighted by Gasteiger charge is 2.49.